The molecule has 0 fully saturated rings. The highest BCUT2D eigenvalue weighted by Crippen LogP contribution is 2.21. The van der Waals surface area contributed by atoms with Gasteiger partial charge in [0.2, 0.25) is 11.9 Å². The molecule has 2 rings (SSSR count). The van der Waals surface area contributed by atoms with Gasteiger partial charge >= 0.3 is 6.01 Å². The Morgan fingerprint density at radius 2 is 2.14 bits per heavy atom. The first kappa shape index (κ1) is 15.5. The average Bonchev–Trinajstić information content (AvgIpc) is 2.97. The highest BCUT2D eigenvalue weighted by Gasteiger charge is 2.17. The van der Waals surface area contributed by atoms with E-state index in [-0.39, 0.29) is 6.04 Å². The van der Waals surface area contributed by atoms with E-state index in [4.69, 9.17) is 4.74 Å². The smallest absolute Gasteiger partial charge is 0.323 e. The molecule has 1 N–H and O–H groups in total. The van der Waals surface area contributed by atoms with E-state index in [0.29, 0.717) is 24.5 Å². The van der Waals surface area contributed by atoms with Crippen molar-refractivity contribution < 1.29 is 4.74 Å². The summed E-state index contributed by atoms with van der Waals surface area (Å²) in [4.78, 5) is 16.5. The van der Waals surface area contributed by atoms with Crippen molar-refractivity contribution in [1.29, 1.82) is 0 Å². The van der Waals surface area contributed by atoms with Crippen molar-refractivity contribution in [3.63, 3.8) is 0 Å². The molecule has 0 aromatic carbocycles. The molecule has 0 unspecified atom stereocenters. The van der Waals surface area contributed by atoms with Gasteiger partial charge in [0.1, 0.15) is 0 Å². The van der Waals surface area contributed by atoms with E-state index < -0.39 is 0 Å². The van der Waals surface area contributed by atoms with Crippen LogP contribution in [0, 0.1) is 0 Å². The zero-order valence-corrected chi connectivity index (χ0v) is 13.6. The molecule has 0 saturated heterocycles. The summed E-state index contributed by atoms with van der Waals surface area (Å²) in [7, 11) is 1.79. The molecule has 7 heteroatoms. The molecule has 0 spiro atoms. The fourth-order valence-corrected chi connectivity index (χ4v) is 2.54. The first-order valence-corrected chi connectivity index (χ1v) is 7.87. The molecule has 0 aliphatic rings. The molecule has 21 heavy (non-hydrogen) atoms. The predicted octanol–water partition coefficient (Wildman–Crippen LogP) is 2.79. The summed E-state index contributed by atoms with van der Waals surface area (Å²) in [5, 5.41) is 5.03. The topological polar surface area (TPSA) is 63.2 Å². The fraction of sp³-hybridized carbons (Fsp3) is 0.500. The number of nitrogens with zero attached hydrogens (tertiary/aromatic N) is 4. The Balaban J connectivity index is 2.32. The zero-order valence-electron chi connectivity index (χ0n) is 12.8. The fourth-order valence-electron chi connectivity index (χ4n) is 1.83. The number of hydrogen-bond acceptors (Lipinski definition) is 7. The second-order valence-corrected chi connectivity index (χ2v) is 5.76. The van der Waals surface area contributed by atoms with Crippen LogP contribution in [0.3, 0.4) is 0 Å². The predicted molar refractivity (Wildman–Crippen MR) is 86.2 cm³/mol. The van der Waals surface area contributed by atoms with Gasteiger partial charge < -0.3 is 15.0 Å². The van der Waals surface area contributed by atoms with E-state index in [9.17, 15) is 0 Å². The van der Waals surface area contributed by atoms with E-state index in [1.807, 2.05) is 6.92 Å². The van der Waals surface area contributed by atoms with E-state index in [0.717, 1.165) is 6.54 Å². The molecule has 0 bridgehead atoms. The van der Waals surface area contributed by atoms with Crippen LogP contribution in [0.4, 0.5) is 11.9 Å². The Bertz CT molecular complexity index is 558. The number of anilines is 2. The van der Waals surface area contributed by atoms with Crippen molar-refractivity contribution in [2.45, 2.75) is 33.4 Å². The molecule has 0 amide bonds. The van der Waals surface area contributed by atoms with Gasteiger partial charge in [-0.05, 0) is 32.2 Å². The Labute approximate surface area is 129 Å². The number of aromatic nitrogens is 3. The first-order valence-electron chi connectivity index (χ1n) is 6.99. The van der Waals surface area contributed by atoms with Crippen molar-refractivity contribution in [3.8, 4) is 6.01 Å². The lowest BCUT2D eigenvalue weighted by molar-refractivity contribution is 0.311. The van der Waals surface area contributed by atoms with Crippen LogP contribution in [0.25, 0.3) is 0 Å². The molecular formula is C14H21N5OS. The van der Waals surface area contributed by atoms with Gasteiger partial charge in [-0.1, -0.05) is 6.07 Å². The molecular weight excluding hydrogens is 286 g/mol. The molecule has 0 atom stereocenters. The van der Waals surface area contributed by atoms with Crippen LogP contribution in [0.1, 0.15) is 25.6 Å². The summed E-state index contributed by atoms with van der Waals surface area (Å²) in [6, 6.07) is 4.79. The summed E-state index contributed by atoms with van der Waals surface area (Å²) in [6.07, 6.45) is 0. The number of nitrogens with one attached hydrogen (secondary N) is 1. The van der Waals surface area contributed by atoms with Crippen LogP contribution in [0.5, 0.6) is 6.01 Å². The van der Waals surface area contributed by atoms with E-state index in [1.54, 1.807) is 18.4 Å². The monoisotopic (exact) mass is 307 g/mol. The van der Waals surface area contributed by atoms with Crippen LogP contribution < -0.4 is 15.0 Å². The van der Waals surface area contributed by atoms with Gasteiger partial charge in [-0.3, -0.25) is 0 Å². The van der Waals surface area contributed by atoms with Crippen LogP contribution in [-0.4, -0.2) is 34.6 Å². The first-order chi connectivity index (χ1) is 10.1. The molecule has 0 aliphatic heterocycles. The van der Waals surface area contributed by atoms with Crippen molar-refractivity contribution >= 4 is 23.2 Å². The molecule has 0 saturated carbocycles. The second-order valence-electron chi connectivity index (χ2n) is 4.73. The molecule has 114 valence electrons. The largest absolute Gasteiger partial charge is 0.464 e. The van der Waals surface area contributed by atoms with Crippen LogP contribution in [0.2, 0.25) is 0 Å². The van der Waals surface area contributed by atoms with Crippen molar-refractivity contribution in [1.82, 2.24) is 15.0 Å². The summed E-state index contributed by atoms with van der Waals surface area (Å²) >= 11 is 1.73. The normalized spacial score (nSPS) is 10.7. The minimum atomic E-state index is 0.272. The lowest BCUT2D eigenvalue weighted by Gasteiger charge is -2.26. The SMILES string of the molecule is CCOc1nc(NC)nc(N(Cc2cccs2)C(C)C)n1. The molecule has 2 heterocycles. The molecule has 6 nitrogen and oxygen atoms in total. The van der Waals surface area contributed by atoms with Gasteiger partial charge in [-0.15, -0.1) is 11.3 Å². The van der Waals surface area contributed by atoms with Gasteiger partial charge in [0.25, 0.3) is 0 Å². The highest BCUT2D eigenvalue weighted by molar-refractivity contribution is 7.09. The molecule has 2 aromatic rings. The Kier molecular flexibility index (Phi) is 5.32. The average molecular weight is 307 g/mol. The van der Waals surface area contributed by atoms with Crippen LogP contribution in [-0.2, 0) is 6.54 Å². The number of thiophene rings is 1. The van der Waals surface area contributed by atoms with Gasteiger partial charge in [0.05, 0.1) is 13.2 Å². The summed E-state index contributed by atoms with van der Waals surface area (Å²) in [6.45, 7) is 7.45. The van der Waals surface area contributed by atoms with E-state index in [2.05, 4.69) is 56.5 Å². The number of rotatable bonds is 7. The van der Waals surface area contributed by atoms with Crippen molar-refractivity contribution in [2.75, 3.05) is 23.9 Å². The Morgan fingerprint density at radius 1 is 1.33 bits per heavy atom. The third-order valence-corrected chi connectivity index (χ3v) is 3.75. The van der Waals surface area contributed by atoms with Gasteiger partial charge in [0.15, 0.2) is 0 Å². The lowest BCUT2D eigenvalue weighted by Crippen LogP contribution is -2.32. The lowest BCUT2D eigenvalue weighted by atomic mass is 10.3. The van der Waals surface area contributed by atoms with Crippen molar-refractivity contribution in [2.24, 2.45) is 0 Å². The highest BCUT2D eigenvalue weighted by atomic mass is 32.1. The minimum Gasteiger partial charge on any atom is -0.464 e. The Hall–Kier alpha value is -1.89. The second kappa shape index (κ2) is 7.21. The summed E-state index contributed by atoms with van der Waals surface area (Å²) in [5.41, 5.74) is 0. The zero-order chi connectivity index (χ0) is 15.2. The van der Waals surface area contributed by atoms with E-state index in [1.165, 1.54) is 4.88 Å². The maximum absolute atomic E-state index is 5.43. The van der Waals surface area contributed by atoms with Crippen molar-refractivity contribution in [3.05, 3.63) is 22.4 Å². The molecule has 0 radical (unpaired) electrons. The summed E-state index contributed by atoms with van der Waals surface area (Å²) in [5.74, 6) is 1.14. The number of ether oxygens (including phenoxy) is 1. The maximum atomic E-state index is 5.43. The van der Waals surface area contributed by atoms with Gasteiger partial charge in [-0.25, -0.2) is 0 Å². The molecule has 2 aromatic heterocycles. The minimum absolute atomic E-state index is 0.272. The van der Waals surface area contributed by atoms with Crippen LogP contribution >= 0.6 is 11.3 Å². The maximum Gasteiger partial charge on any atom is 0.323 e. The Morgan fingerprint density at radius 3 is 2.71 bits per heavy atom. The van der Waals surface area contributed by atoms with Gasteiger partial charge in [-0.2, -0.15) is 15.0 Å². The third kappa shape index (κ3) is 4.04. The van der Waals surface area contributed by atoms with Crippen LogP contribution in [0.15, 0.2) is 17.5 Å². The standard InChI is InChI=1S/C14H21N5OS/c1-5-20-14-17-12(15-4)16-13(18-14)19(10(2)3)9-11-7-6-8-21-11/h6-8,10H,5,9H2,1-4H3,(H,15,16,17,18). The summed E-state index contributed by atoms with van der Waals surface area (Å²) < 4.78 is 5.43. The van der Waals surface area contributed by atoms with Gasteiger partial charge in [0, 0.05) is 18.0 Å². The molecule has 0 aliphatic carbocycles. The van der Waals surface area contributed by atoms with E-state index >= 15 is 0 Å². The third-order valence-electron chi connectivity index (χ3n) is 2.89. The quantitative estimate of drug-likeness (QED) is 0.848. The number of hydrogen-bond donors (Lipinski definition) is 1.